The summed E-state index contributed by atoms with van der Waals surface area (Å²) >= 11 is 3.26. The number of anilines is 1. The molecule has 112 valence electrons. The largest absolute Gasteiger partial charge is 0.374 e. The third kappa shape index (κ3) is 4.33. The van der Waals surface area contributed by atoms with Crippen molar-refractivity contribution in [2.24, 2.45) is 5.92 Å². The maximum atomic E-state index is 12.1. The molecule has 0 spiro atoms. The van der Waals surface area contributed by atoms with Crippen LogP contribution in [0, 0.1) is 5.92 Å². The molecule has 20 heavy (non-hydrogen) atoms. The van der Waals surface area contributed by atoms with Crippen LogP contribution in [0.25, 0.3) is 0 Å². The Bertz CT molecular complexity index is 528. The normalized spacial score (nSPS) is 10.7. The minimum atomic E-state index is -0.194. The van der Waals surface area contributed by atoms with Gasteiger partial charge in [0.15, 0.2) is 0 Å². The maximum Gasteiger partial charge on any atom is 0.283 e. The molecule has 0 saturated carbocycles. The summed E-state index contributed by atoms with van der Waals surface area (Å²) < 4.78 is 1.82. The van der Waals surface area contributed by atoms with E-state index in [1.807, 2.05) is 20.8 Å². The van der Waals surface area contributed by atoms with Crippen LogP contribution in [0.15, 0.2) is 15.5 Å². The lowest BCUT2D eigenvalue weighted by Crippen LogP contribution is -2.33. The number of carbonyl (C=O) groups is 1. The van der Waals surface area contributed by atoms with Crippen molar-refractivity contribution in [3.8, 4) is 0 Å². The predicted molar refractivity (Wildman–Crippen MR) is 82.8 cm³/mol. The number of amides is 1. The molecule has 0 atom stereocenters. The van der Waals surface area contributed by atoms with Crippen molar-refractivity contribution < 1.29 is 4.79 Å². The van der Waals surface area contributed by atoms with Gasteiger partial charge in [-0.1, -0.05) is 13.8 Å². The van der Waals surface area contributed by atoms with Crippen molar-refractivity contribution in [2.45, 2.75) is 27.3 Å². The average molecular weight is 345 g/mol. The molecule has 0 fully saturated rings. The lowest BCUT2D eigenvalue weighted by molar-refractivity contribution is -0.127. The SMILES string of the molecule is CCN(C)C(=O)CNc1cnn(CC(C)C)c(=O)c1Br. The Morgan fingerprint density at radius 1 is 1.55 bits per heavy atom. The van der Waals surface area contributed by atoms with Gasteiger partial charge in [0.2, 0.25) is 5.91 Å². The molecule has 1 rings (SSSR count). The molecule has 1 aromatic heterocycles. The first-order valence-electron chi connectivity index (χ1n) is 6.60. The monoisotopic (exact) mass is 344 g/mol. The highest BCUT2D eigenvalue weighted by Gasteiger charge is 2.12. The first-order valence-corrected chi connectivity index (χ1v) is 7.39. The minimum Gasteiger partial charge on any atom is -0.374 e. The van der Waals surface area contributed by atoms with Crippen molar-refractivity contribution in [2.75, 3.05) is 25.5 Å². The topological polar surface area (TPSA) is 67.2 Å². The van der Waals surface area contributed by atoms with Crippen LogP contribution in [0.3, 0.4) is 0 Å². The Kier molecular flexibility index (Phi) is 6.19. The zero-order chi connectivity index (χ0) is 15.3. The van der Waals surface area contributed by atoms with Crippen LogP contribution in [0.4, 0.5) is 5.69 Å². The van der Waals surface area contributed by atoms with Crippen LogP contribution in [-0.4, -0.2) is 40.7 Å². The minimum absolute atomic E-state index is 0.0363. The van der Waals surface area contributed by atoms with Crippen LogP contribution >= 0.6 is 15.9 Å². The van der Waals surface area contributed by atoms with Crippen LogP contribution in [0.1, 0.15) is 20.8 Å². The molecule has 0 unspecified atom stereocenters. The first kappa shape index (κ1) is 16.7. The summed E-state index contributed by atoms with van der Waals surface area (Å²) in [6, 6.07) is 0. The lowest BCUT2D eigenvalue weighted by Gasteiger charge is -2.16. The molecule has 1 amide bonds. The summed E-state index contributed by atoms with van der Waals surface area (Å²) in [5.41, 5.74) is 0.341. The number of halogens is 1. The smallest absolute Gasteiger partial charge is 0.283 e. The van der Waals surface area contributed by atoms with Gasteiger partial charge in [0, 0.05) is 20.1 Å². The third-order valence-electron chi connectivity index (χ3n) is 2.85. The Balaban J connectivity index is 2.81. The van der Waals surface area contributed by atoms with Crippen LogP contribution in [0.2, 0.25) is 0 Å². The Morgan fingerprint density at radius 2 is 2.20 bits per heavy atom. The number of hydrogen-bond donors (Lipinski definition) is 1. The molecular formula is C13H21BrN4O2. The molecule has 0 aliphatic heterocycles. The number of carbonyl (C=O) groups excluding carboxylic acids is 1. The van der Waals surface area contributed by atoms with E-state index in [-0.39, 0.29) is 18.0 Å². The number of hydrogen-bond acceptors (Lipinski definition) is 4. The second-order valence-electron chi connectivity index (χ2n) is 5.01. The van der Waals surface area contributed by atoms with Crippen LogP contribution < -0.4 is 10.9 Å². The van der Waals surface area contributed by atoms with E-state index in [1.54, 1.807) is 18.1 Å². The molecule has 0 aliphatic rings. The summed E-state index contributed by atoms with van der Waals surface area (Å²) in [5, 5.41) is 7.04. The lowest BCUT2D eigenvalue weighted by atomic mass is 10.2. The van der Waals surface area contributed by atoms with Crippen LogP contribution in [-0.2, 0) is 11.3 Å². The van der Waals surface area contributed by atoms with Gasteiger partial charge in [-0.3, -0.25) is 9.59 Å². The van der Waals surface area contributed by atoms with E-state index >= 15 is 0 Å². The van der Waals surface area contributed by atoms with Crippen molar-refractivity contribution in [1.82, 2.24) is 14.7 Å². The average Bonchev–Trinajstić information content (AvgIpc) is 2.41. The van der Waals surface area contributed by atoms with Crippen LogP contribution in [0.5, 0.6) is 0 Å². The molecule has 1 aromatic rings. The van der Waals surface area contributed by atoms with E-state index in [4.69, 9.17) is 0 Å². The number of likely N-dealkylation sites (N-methyl/N-ethyl adjacent to an activating group) is 1. The van der Waals surface area contributed by atoms with Crippen molar-refractivity contribution in [1.29, 1.82) is 0 Å². The quantitative estimate of drug-likeness (QED) is 0.850. The van der Waals surface area contributed by atoms with E-state index in [2.05, 4.69) is 26.3 Å². The molecule has 1 N–H and O–H groups in total. The summed E-state index contributed by atoms with van der Waals surface area (Å²) in [5.74, 6) is 0.302. The highest BCUT2D eigenvalue weighted by atomic mass is 79.9. The van der Waals surface area contributed by atoms with Gasteiger partial charge in [-0.15, -0.1) is 0 Å². The first-order chi connectivity index (χ1) is 9.36. The zero-order valence-electron chi connectivity index (χ0n) is 12.3. The van der Waals surface area contributed by atoms with Gasteiger partial charge in [-0.25, -0.2) is 4.68 Å². The Morgan fingerprint density at radius 3 is 2.75 bits per heavy atom. The van der Waals surface area contributed by atoms with Gasteiger partial charge < -0.3 is 10.2 Å². The number of nitrogens with one attached hydrogen (secondary N) is 1. The fourth-order valence-corrected chi connectivity index (χ4v) is 1.99. The molecule has 0 aromatic carbocycles. The zero-order valence-corrected chi connectivity index (χ0v) is 13.9. The second kappa shape index (κ2) is 7.42. The van der Waals surface area contributed by atoms with Gasteiger partial charge in [0.25, 0.3) is 5.56 Å². The highest BCUT2D eigenvalue weighted by Crippen LogP contribution is 2.16. The summed E-state index contributed by atoms with van der Waals surface area (Å²) in [4.78, 5) is 25.4. The van der Waals surface area contributed by atoms with E-state index in [1.165, 1.54) is 4.68 Å². The molecule has 7 heteroatoms. The van der Waals surface area contributed by atoms with E-state index in [0.717, 1.165) is 0 Å². The molecule has 0 saturated heterocycles. The second-order valence-corrected chi connectivity index (χ2v) is 5.81. The molecule has 0 aliphatic carbocycles. The van der Waals surface area contributed by atoms with Gasteiger partial charge in [-0.05, 0) is 28.8 Å². The van der Waals surface area contributed by atoms with Gasteiger partial charge >= 0.3 is 0 Å². The maximum absolute atomic E-state index is 12.1. The summed E-state index contributed by atoms with van der Waals surface area (Å²) in [6.45, 7) is 7.30. The summed E-state index contributed by atoms with van der Waals surface area (Å²) in [6.07, 6.45) is 1.56. The molecule has 0 bridgehead atoms. The molecule has 0 radical (unpaired) electrons. The number of aromatic nitrogens is 2. The van der Waals surface area contributed by atoms with Crippen molar-refractivity contribution in [3.05, 3.63) is 21.0 Å². The Hall–Kier alpha value is -1.37. The predicted octanol–water partition coefficient (Wildman–Crippen LogP) is 1.55. The summed E-state index contributed by atoms with van der Waals surface area (Å²) in [7, 11) is 1.73. The van der Waals surface area contributed by atoms with Crippen molar-refractivity contribution >= 4 is 27.5 Å². The number of rotatable bonds is 6. The van der Waals surface area contributed by atoms with E-state index < -0.39 is 0 Å². The fraction of sp³-hybridized carbons (Fsp3) is 0.615. The molecule has 1 heterocycles. The molecular weight excluding hydrogens is 324 g/mol. The van der Waals surface area contributed by atoms with Gasteiger partial charge in [0.1, 0.15) is 4.47 Å². The Labute approximate surface area is 127 Å². The highest BCUT2D eigenvalue weighted by molar-refractivity contribution is 9.10. The third-order valence-corrected chi connectivity index (χ3v) is 3.62. The van der Waals surface area contributed by atoms with E-state index in [9.17, 15) is 9.59 Å². The van der Waals surface area contributed by atoms with Crippen molar-refractivity contribution in [3.63, 3.8) is 0 Å². The molecule has 6 nitrogen and oxygen atoms in total. The standard InChI is InChI=1S/C13H21BrN4O2/c1-5-17(4)11(19)7-15-10-6-16-18(8-9(2)3)13(20)12(10)14/h6,9,15H,5,7-8H2,1-4H3. The number of nitrogens with zero attached hydrogens (tertiary/aromatic N) is 3. The van der Waals surface area contributed by atoms with Gasteiger partial charge in [0.05, 0.1) is 18.4 Å². The fourth-order valence-electron chi connectivity index (χ4n) is 1.55. The van der Waals surface area contributed by atoms with E-state index in [0.29, 0.717) is 29.2 Å². The van der Waals surface area contributed by atoms with Gasteiger partial charge in [-0.2, -0.15) is 5.10 Å².